The molecule has 1 nitrogen and oxygen atoms in total. The maximum absolute atomic E-state index is 5.48. The van der Waals surface area contributed by atoms with Gasteiger partial charge in [0.2, 0.25) is 0 Å². The Morgan fingerprint density at radius 2 is 2.06 bits per heavy atom. The van der Waals surface area contributed by atoms with Crippen molar-refractivity contribution in [2.24, 2.45) is 0 Å². The van der Waals surface area contributed by atoms with Crippen molar-refractivity contribution in [2.45, 2.75) is 26.2 Å². The van der Waals surface area contributed by atoms with Gasteiger partial charge in [0.25, 0.3) is 0 Å². The van der Waals surface area contributed by atoms with Crippen LogP contribution in [0.25, 0.3) is 6.08 Å². The van der Waals surface area contributed by atoms with Gasteiger partial charge in [-0.05, 0) is 24.5 Å². The number of hydrogen-bond acceptors (Lipinski definition) is 1. The summed E-state index contributed by atoms with van der Waals surface area (Å²) in [6.45, 7) is 7.46. The quantitative estimate of drug-likeness (QED) is 0.627. The van der Waals surface area contributed by atoms with E-state index < -0.39 is 0 Å². The summed E-state index contributed by atoms with van der Waals surface area (Å²) in [6.07, 6.45) is 7.47. The first kappa shape index (κ1) is 13.0. The van der Waals surface area contributed by atoms with E-state index >= 15 is 0 Å². The van der Waals surface area contributed by atoms with Gasteiger partial charge in [0, 0.05) is 6.61 Å². The monoisotopic (exact) mass is 217 g/mol. The lowest BCUT2D eigenvalue weighted by Gasteiger charge is -2.00. The highest BCUT2D eigenvalue weighted by atomic mass is 16.5. The largest absolute Gasteiger partial charge is 0.377 e. The van der Waals surface area contributed by atoms with E-state index in [-0.39, 0.29) is 0 Å². The molecule has 1 heteroatoms. The summed E-state index contributed by atoms with van der Waals surface area (Å²) in [4.78, 5) is 0. The van der Waals surface area contributed by atoms with Gasteiger partial charge < -0.3 is 4.74 Å². The predicted molar refractivity (Wildman–Crippen MR) is 70.2 cm³/mol. The summed E-state index contributed by atoms with van der Waals surface area (Å²) in [7, 11) is 0. The van der Waals surface area contributed by atoms with Gasteiger partial charge >= 0.3 is 0 Å². The van der Waals surface area contributed by atoms with Crippen LogP contribution in [0, 0.1) is 13.8 Å². The lowest BCUT2D eigenvalue weighted by Crippen LogP contribution is -1.93. The van der Waals surface area contributed by atoms with E-state index in [9.17, 15) is 0 Å². The first-order valence-corrected chi connectivity index (χ1v) is 5.93. The summed E-state index contributed by atoms with van der Waals surface area (Å²) < 4.78 is 5.48. The Morgan fingerprint density at radius 3 is 2.81 bits per heavy atom. The van der Waals surface area contributed by atoms with Crippen molar-refractivity contribution in [2.75, 3.05) is 13.2 Å². The van der Waals surface area contributed by atoms with Crippen LogP contribution in [0.5, 0.6) is 0 Å². The van der Waals surface area contributed by atoms with Gasteiger partial charge in [0.05, 0.1) is 6.61 Å². The Labute approximate surface area is 99.1 Å². The van der Waals surface area contributed by atoms with Crippen LogP contribution in [0.3, 0.4) is 0 Å². The maximum atomic E-state index is 5.48. The second-order valence-electron chi connectivity index (χ2n) is 3.89. The fourth-order valence-corrected chi connectivity index (χ4v) is 1.48. The molecule has 87 valence electrons. The number of ether oxygens (including phenoxy) is 1. The van der Waals surface area contributed by atoms with Crippen molar-refractivity contribution in [1.29, 1.82) is 0 Å². The minimum Gasteiger partial charge on any atom is -0.377 e. The normalized spacial score (nSPS) is 11.1. The number of hydrogen-bond donors (Lipinski definition) is 0. The number of unbranched alkanes of at least 4 members (excludes halogenated alkanes) is 2. The zero-order chi connectivity index (χ0) is 11.6. The zero-order valence-electron chi connectivity index (χ0n) is 10.1. The Morgan fingerprint density at radius 1 is 1.25 bits per heavy atom. The summed E-state index contributed by atoms with van der Waals surface area (Å²) in [6, 6.07) is 8.35. The molecule has 0 fully saturated rings. The minimum atomic E-state index is 0.700. The second-order valence-corrected chi connectivity index (χ2v) is 3.89. The van der Waals surface area contributed by atoms with Crippen LogP contribution in [0.1, 0.15) is 30.4 Å². The van der Waals surface area contributed by atoms with E-state index in [2.05, 4.69) is 50.3 Å². The van der Waals surface area contributed by atoms with E-state index in [1.807, 2.05) is 0 Å². The van der Waals surface area contributed by atoms with E-state index in [0.717, 1.165) is 25.9 Å². The fourth-order valence-electron chi connectivity index (χ4n) is 1.48. The Hall–Kier alpha value is -1.08. The Balaban J connectivity index is 2.20. The van der Waals surface area contributed by atoms with E-state index in [1.54, 1.807) is 0 Å². The molecule has 0 spiro atoms. The molecule has 1 aromatic carbocycles. The summed E-state index contributed by atoms with van der Waals surface area (Å²) in [5.41, 5.74) is 2.57. The molecule has 0 N–H and O–H groups in total. The number of benzene rings is 1. The van der Waals surface area contributed by atoms with Crippen LogP contribution >= 0.6 is 0 Å². The van der Waals surface area contributed by atoms with Crippen molar-refractivity contribution in [3.63, 3.8) is 0 Å². The fraction of sp³-hybridized carbons (Fsp3) is 0.400. The molecule has 1 radical (unpaired) electrons. The van der Waals surface area contributed by atoms with Crippen LogP contribution in [0.2, 0.25) is 0 Å². The highest BCUT2D eigenvalue weighted by Crippen LogP contribution is 2.08. The molecule has 0 aliphatic carbocycles. The lowest BCUT2D eigenvalue weighted by atomic mass is 10.1. The average molecular weight is 217 g/mol. The molecule has 0 aliphatic heterocycles. The van der Waals surface area contributed by atoms with Crippen molar-refractivity contribution in [3.8, 4) is 0 Å². The SMILES string of the molecule is [CH2]CCCCOCC=Cc1ccccc1C. The van der Waals surface area contributed by atoms with E-state index in [0.29, 0.717) is 6.61 Å². The summed E-state index contributed by atoms with van der Waals surface area (Å²) in [5.74, 6) is 0. The molecule has 1 aromatic rings. The smallest absolute Gasteiger partial charge is 0.0650 e. The molecular formula is C15H21O. The molecule has 16 heavy (non-hydrogen) atoms. The molecule has 0 saturated carbocycles. The highest BCUT2D eigenvalue weighted by Gasteiger charge is 1.90. The van der Waals surface area contributed by atoms with Gasteiger partial charge in [-0.25, -0.2) is 0 Å². The summed E-state index contributed by atoms with van der Waals surface area (Å²) in [5, 5.41) is 0. The van der Waals surface area contributed by atoms with Crippen LogP contribution in [0.15, 0.2) is 30.3 Å². The molecule has 0 saturated heterocycles. The molecule has 0 unspecified atom stereocenters. The first-order chi connectivity index (χ1) is 7.84. The standard InChI is InChI=1S/C15H21O/c1-3-4-7-12-16-13-8-11-15-10-6-5-9-14(15)2/h5-6,8-11H,1,3-4,7,12-13H2,2H3. The molecule has 1 rings (SSSR count). The highest BCUT2D eigenvalue weighted by molar-refractivity contribution is 5.53. The van der Waals surface area contributed by atoms with Crippen molar-refractivity contribution < 1.29 is 4.74 Å². The average Bonchev–Trinajstić information content (AvgIpc) is 2.30. The molecular weight excluding hydrogens is 196 g/mol. The van der Waals surface area contributed by atoms with Crippen LogP contribution in [-0.2, 0) is 4.74 Å². The van der Waals surface area contributed by atoms with Crippen LogP contribution in [-0.4, -0.2) is 13.2 Å². The third kappa shape index (κ3) is 5.13. The predicted octanol–water partition coefficient (Wildman–Crippen LogP) is 4.03. The zero-order valence-corrected chi connectivity index (χ0v) is 10.1. The van der Waals surface area contributed by atoms with Crippen LogP contribution in [0.4, 0.5) is 0 Å². The van der Waals surface area contributed by atoms with Crippen molar-refractivity contribution >= 4 is 6.08 Å². The van der Waals surface area contributed by atoms with Gasteiger partial charge in [-0.2, -0.15) is 0 Å². The topological polar surface area (TPSA) is 9.23 Å². The van der Waals surface area contributed by atoms with Gasteiger partial charge in [-0.15, -0.1) is 0 Å². The lowest BCUT2D eigenvalue weighted by molar-refractivity contribution is 0.158. The third-order valence-corrected chi connectivity index (χ3v) is 2.49. The molecule has 0 bridgehead atoms. The third-order valence-electron chi connectivity index (χ3n) is 2.49. The van der Waals surface area contributed by atoms with Gasteiger partial charge in [-0.1, -0.05) is 56.2 Å². The molecule has 0 aromatic heterocycles. The molecule has 0 heterocycles. The number of rotatable bonds is 7. The summed E-state index contributed by atoms with van der Waals surface area (Å²) >= 11 is 0. The van der Waals surface area contributed by atoms with E-state index in [4.69, 9.17) is 4.74 Å². The first-order valence-electron chi connectivity index (χ1n) is 5.93. The second kappa shape index (κ2) is 8.12. The van der Waals surface area contributed by atoms with Crippen molar-refractivity contribution in [1.82, 2.24) is 0 Å². The molecule has 0 amide bonds. The van der Waals surface area contributed by atoms with Gasteiger partial charge in [-0.3, -0.25) is 0 Å². The Bertz CT molecular complexity index is 315. The molecule has 0 atom stereocenters. The van der Waals surface area contributed by atoms with Crippen molar-refractivity contribution in [3.05, 3.63) is 48.4 Å². The Kier molecular flexibility index (Phi) is 6.59. The van der Waals surface area contributed by atoms with Gasteiger partial charge in [0.15, 0.2) is 0 Å². The molecule has 0 aliphatic rings. The minimum absolute atomic E-state index is 0.700. The van der Waals surface area contributed by atoms with Gasteiger partial charge in [0.1, 0.15) is 0 Å². The number of aryl methyl sites for hydroxylation is 1. The maximum Gasteiger partial charge on any atom is 0.0650 e. The van der Waals surface area contributed by atoms with E-state index in [1.165, 1.54) is 11.1 Å². The van der Waals surface area contributed by atoms with Crippen LogP contribution < -0.4 is 0 Å².